The number of ether oxygens (including phenoxy) is 2. The van der Waals surface area contributed by atoms with Gasteiger partial charge in [0.25, 0.3) is 5.92 Å². The predicted molar refractivity (Wildman–Crippen MR) is 88.5 cm³/mol. The van der Waals surface area contributed by atoms with E-state index in [1.54, 1.807) is 0 Å². The van der Waals surface area contributed by atoms with Crippen LogP contribution in [0.4, 0.5) is 18.9 Å². The van der Waals surface area contributed by atoms with E-state index in [2.05, 4.69) is 20.1 Å². The van der Waals surface area contributed by atoms with Gasteiger partial charge in [-0.1, -0.05) is 0 Å². The molecule has 0 aromatic carbocycles. The third-order valence-electron chi connectivity index (χ3n) is 4.14. The molecule has 1 radical (unpaired) electrons. The summed E-state index contributed by atoms with van der Waals surface area (Å²) < 4.78 is 52.6. The SMILES string of the molecule is COc1ncc(-c2cc(N3C[CH]C(F)(F)C3)c3ncc(F)n3n2)c(OC)n1. The molecule has 1 saturated heterocycles. The van der Waals surface area contributed by atoms with Crippen LogP contribution in [0.1, 0.15) is 0 Å². The van der Waals surface area contributed by atoms with Crippen LogP contribution in [-0.4, -0.2) is 57.8 Å². The first-order chi connectivity index (χ1) is 12.9. The second kappa shape index (κ2) is 6.25. The number of hydrogen-bond donors (Lipinski definition) is 0. The maximum Gasteiger partial charge on any atom is 0.319 e. The molecule has 0 atom stereocenters. The van der Waals surface area contributed by atoms with Crippen molar-refractivity contribution in [1.82, 2.24) is 24.6 Å². The van der Waals surface area contributed by atoms with Gasteiger partial charge in [-0.2, -0.15) is 19.0 Å². The van der Waals surface area contributed by atoms with Crippen molar-refractivity contribution in [1.29, 1.82) is 0 Å². The van der Waals surface area contributed by atoms with Crippen molar-refractivity contribution in [3.05, 3.63) is 30.8 Å². The highest BCUT2D eigenvalue weighted by Crippen LogP contribution is 2.35. The average Bonchev–Trinajstić information content (AvgIpc) is 3.22. The maximum absolute atomic E-state index is 14.1. The van der Waals surface area contributed by atoms with Gasteiger partial charge in [-0.3, -0.25) is 0 Å². The summed E-state index contributed by atoms with van der Waals surface area (Å²) in [6, 6.07) is 1.62. The van der Waals surface area contributed by atoms with Crippen LogP contribution in [0, 0.1) is 12.4 Å². The molecule has 0 saturated carbocycles. The van der Waals surface area contributed by atoms with Crippen LogP contribution >= 0.6 is 0 Å². The van der Waals surface area contributed by atoms with Gasteiger partial charge in [-0.05, 0) is 6.07 Å². The zero-order valence-electron chi connectivity index (χ0n) is 14.4. The molecule has 27 heavy (non-hydrogen) atoms. The molecule has 4 rings (SSSR count). The van der Waals surface area contributed by atoms with E-state index in [1.807, 2.05) is 0 Å². The number of methoxy groups -OCH3 is 2. The number of halogens is 3. The fourth-order valence-corrected chi connectivity index (χ4v) is 2.88. The summed E-state index contributed by atoms with van der Waals surface area (Å²) in [5, 5.41) is 4.19. The lowest BCUT2D eigenvalue weighted by molar-refractivity contribution is 0.0620. The van der Waals surface area contributed by atoms with Gasteiger partial charge in [0.1, 0.15) is 5.69 Å². The number of anilines is 1. The molecule has 0 bridgehead atoms. The first kappa shape index (κ1) is 17.3. The van der Waals surface area contributed by atoms with Gasteiger partial charge in [0.2, 0.25) is 11.8 Å². The molecule has 1 aliphatic rings. The Bertz CT molecular complexity index is 1010. The van der Waals surface area contributed by atoms with Gasteiger partial charge in [0.05, 0.1) is 44.6 Å². The normalized spacial score (nSPS) is 16.1. The Kier molecular flexibility index (Phi) is 4.01. The minimum absolute atomic E-state index is 0.00314. The average molecular weight is 379 g/mol. The Morgan fingerprint density at radius 2 is 1.96 bits per heavy atom. The Morgan fingerprint density at radius 3 is 2.63 bits per heavy atom. The number of imidazole rings is 1. The third kappa shape index (κ3) is 2.98. The molecule has 4 heterocycles. The largest absolute Gasteiger partial charge is 0.480 e. The first-order valence-electron chi connectivity index (χ1n) is 7.88. The molecule has 3 aromatic heterocycles. The monoisotopic (exact) mass is 379 g/mol. The summed E-state index contributed by atoms with van der Waals surface area (Å²) in [6.07, 6.45) is 3.29. The number of hydrogen-bond acceptors (Lipinski definition) is 7. The standard InChI is InChI=1S/C16H14F3N6O2/c1-26-14-9(6-21-15(22-14)27-2)10-5-11(24-4-3-16(18,19)8-24)13-20-7-12(17)25(13)23-10/h3,5-7H,4,8H2,1-2H3. The minimum atomic E-state index is -2.94. The molecule has 1 fully saturated rings. The van der Waals surface area contributed by atoms with Crippen molar-refractivity contribution >= 4 is 11.3 Å². The van der Waals surface area contributed by atoms with Crippen LogP contribution in [-0.2, 0) is 0 Å². The highest BCUT2D eigenvalue weighted by atomic mass is 19.3. The molecule has 0 aliphatic carbocycles. The van der Waals surface area contributed by atoms with Gasteiger partial charge in [0.15, 0.2) is 5.65 Å². The van der Waals surface area contributed by atoms with Crippen molar-refractivity contribution in [2.45, 2.75) is 5.92 Å². The van der Waals surface area contributed by atoms with E-state index in [9.17, 15) is 13.2 Å². The van der Waals surface area contributed by atoms with Crippen LogP contribution in [0.5, 0.6) is 11.9 Å². The topological polar surface area (TPSA) is 77.7 Å². The van der Waals surface area contributed by atoms with Crippen LogP contribution < -0.4 is 14.4 Å². The summed E-state index contributed by atoms with van der Waals surface area (Å²) in [5.41, 5.74) is 1.04. The summed E-state index contributed by atoms with van der Waals surface area (Å²) in [4.78, 5) is 13.4. The molecular formula is C16H14F3N6O2. The molecular weight excluding hydrogens is 365 g/mol. The lowest BCUT2D eigenvalue weighted by Gasteiger charge is -2.19. The highest BCUT2D eigenvalue weighted by molar-refractivity contribution is 5.76. The number of nitrogens with zero attached hydrogens (tertiary/aromatic N) is 6. The van der Waals surface area contributed by atoms with E-state index in [0.717, 1.165) is 17.1 Å². The third-order valence-corrected chi connectivity index (χ3v) is 4.14. The summed E-state index contributed by atoms with van der Waals surface area (Å²) >= 11 is 0. The summed E-state index contributed by atoms with van der Waals surface area (Å²) in [7, 11) is 2.81. The molecule has 141 valence electrons. The van der Waals surface area contributed by atoms with Crippen molar-refractivity contribution in [3.8, 4) is 23.1 Å². The second-order valence-corrected chi connectivity index (χ2v) is 5.86. The molecule has 0 N–H and O–H groups in total. The molecule has 11 heteroatoms. The Morgan fingerprint density at radius 1 is 1.15 bits per heavy atom. The maximum atomic E-state index is 14.1. The predicted octanol–water partition coefficient (Wildman–Crippen LogP) is 2.00. The van der Waals surface area contributed by atoms with Gasteiger partial charge in [-0.25, -0.2) is 18.7 Å². The van der Waals surface area contributed by atoms with Gasteiger partial charge in [-0.15, -0.1) is 0 Å². The zero-order chi connectivity index (χ0) is 19.2. The highest BCUT2D eigenvalue weighted by Gasteiger charge is 2.39. The van der Waals surface area contributed by atoms with Gasteiger partial charge < -0.3 is 14.4 Å². The van der Waals surface area contributed by atoms with E-state index in [4.69, 9.17) is 9.47 Å². The molecule has 0 spiro atoms. The second-order valence-electron chi connectivity index (χ2n) is 5.86. The fourth-order valence-electron chi connectivity index (χ4n) is 2.88. The van der Waals surface area contributed by atoms with E-state index < -0.39 is 18.4 Å². The molecule has 1 aliphatic heterocycles. The van der Waals surface area contributed by atoms with Crippen molar-refractivity contribution in [3.63, 3.8) is 0 Å². The fraction of sp³-hybridized carbons (Fsp3) is 0.312. The number of fused-ring (bicyclic) bond motifs is 1. The Balaban J connectivity index is 1.89. The van der Waals surface area contributed by atoms with Gasteiger partial charge in [0, 0.05) is 12.7 Å². The number of alkyl halides is 2. The first-order valence-corrected chi connectivity index (χ1v) is 7.88. The van der Waals surface area contributed by atoms with Gasteiger partial charge >= 0.3 is 6.01 Å². The lowest BCUT2D eigenvalue weighted by atomic mass is 10.2. The molecule has 0 amide bonds. The van der Waals surface area contributed by atoms with Crippen molar-refractivity contribution in [2.75, 3.05) is 32.2 Å². The van der Waals surface area contributed by atoms with Crippen molar-refractivity contribution < 1.29 is 22.6 Å². The minimum Gasteiger partial charge on any atom is -0.480 e. The van der Waals surface area contributed by atoms with Crippen LogP contribution in [0.15, 0.2) is 18.5 Å². The van der Waals surface area contributed by atoms with E-state index in [1.165, 1.54) is 31.4 Å². The molecule has 8 nitrogen and oxygen atoms in total. The van der Waals surface area contributed by atoms with E-state index in [0.29, 0.717) is 11.3 Å². The number of aromatic nitrogens is 5. The smallest absolute Gasteiger partial charge is 0.319 e. The lowest BCUT2D eigenvalue weighted by Crippen LogP contribution is -2.25. The van der Waals surface area contributed by atoms with Crippen molar-refractivity contribution in [2.24, 2.45) is 0 Å². The Hall–Kier alpha value is -3.11. The van der Waals surface area contributed by atoms with Crippen LogP contribution in [0.2, 0.25) is 0 Å². The summed E-state index contributed by atoms with van der Waals surface area (Å²) in [6.45, 7) is -0.534. The molecule has 0 unspecified atom stereocenters. The zero-order valence-corrected chi connectivity index (χ0v) is 14.4. The van der Waals surface area contributed by atoms with E-state index in [-0.39, 0.29) is 29.8 Å². The van der Waals surface area contributed by atoms with Crippen LogP contribution in [0.25, 0.3) is 16.9 Å². The Labute approximate surface area is 151 Å². The van der Waals surface area contributed by atoms with E-state index >= 15 is 0 Å². The van der Waals surface area contributed by atoms with Crippen LogP contribution in [0.3, 0.4) is 0 Å². The molecule has 3 aromatic rings. The summed E-state index contributed by atoms with van der Waals surface area (Å²) in [5.74, 6) is -3.51. The quantitative estimate of drug-likeness (QED) is 0.686. The number of rotatable bonds is 4.